The number of likely N-dealkylation sites (N-methyl/N-ethyl adjacent to an activating group) is 2. The molecule has 0 aliphatic heterocycles. The molecular weight excluding hydrogens is 272 g/mol. The van der Waals surface area contributed by atoms with E-state index in [0.29, 0.717) is 31.9 Å². The second-order valence-electron chi connectivity index (χ2n) is 4.90. The first-order valence-corrected chi connectivity index (χ1v) is 6.99. The number of rotatable bonds is 7. The van der Waals surface area contributed by atoms with Gasteiger partial charge in [0.25, 0.3) is 0 Å². The van der Waals surface area contributed by atoms with Gasteiger partial charge in [-0.3, -0.25) is 19.9 Å². The fraction of sp³-hybridized carbons (Fsp3) is 0.571. The Labute approximate surface area is 125 Å². The summed E-state index contributed by atoms with van der Waals surface area (Å²) in [5, 5.41) is 0. The number of nitrogen functional groups attached to an aromatic ring is 1. The number of carbonyl (C=O) groups excluding carboxylic acids is 2. The van der Waals surface area contributed by atoms with Crippen molar-refractivity contribution in [2.24, 2.45) is 5.84 Å². The van der Waals surface area contributed by atoms with E-state index in [1.54, 1.807) is 17.9 Å². The molecular formula is C14H24N4O3. The van der Waals surface area contributed by atoms with Gasteiger partial charge in [0.1, 0.15) is 5.76 Å². The summed E-state index contributed by atoms with van der Waals surface area (Å²) < 4.78 is 5.35. The average molecular weight is 296 g/mol. The van der Waals surface area contributed by atoms with Crippen LogP contribution in [0.4, 0.5) is 0 Å². The van der Waals surface area contributed by atoms with Crippen LogP contribution in [0.25, 0.3) is 0 Å². The van der Waals surface area contributed by atoms with Crippen molar-refractivity contribution in [3.8, 4) is 0 Å². The maximum atomic E-state index is 12.0. The van der Waals surface area contributed by atoms with Gasteiger partial charge in [0.05, 0.1) is 6.54 Å². The molecule has 0 unspecified atom stereocenters. The number of hydrazine groups is 1. The number of hydrogen-bond donors (Lipinski definition) is 2. The van der Waals surface area contributed by atoms with Crippen molar-refractivity contribution in [1.82, 2.24) is 15.2 Å². The van der Waals surface area contributed by atoms with E-state index in [0.717, 1.165) is 5.56 Å². The van der Waals surface area contributed by atoms with E-state index in [4.69, 9.17) is 10.3 Å². The molecule has 0 bridgehead atoms. The highest BCUT2D eigenvalue weighted by Gasteiger charge is 2.17. The predicted octanol–water partition coefficient (Wildman–Crippen LogP) is 0.492. The first-order valence-electron chi connectivity index (χ1n) is 6.99. The molecule has 0 fully saturated rings. The quantitative estimate of drug-likeness (QED) is 0.434. The SMILES string of the molecule is CCN(CC)C(=O)CN(C)Cc1cc(C(=O)NN)oc1C. The third-order valence-electron chi connectivity index (χ3n) is 3.34. The average Bonchev–Trinajstić information content (AvgIpc) is 2.80. The van der Waals surface area contributed by atoms with Gasteiger partial charge in [-0.05, 0) is 33.9 Å². The van der Waals surface area contributed by atoms with Crippen molar-refractivity contribution in [3.05, 3.63) is 23.2 Å². The summed E-state index contributed by atoms with van der Waals surface area (Å²) in [6.45, 7) is 7.95. The molecule has 3 N–H and O–H groups in total. The molecule has 0 saturated heterocycles. The summed E-state index contributed by atoms with van der Waals surface area (Å²) in [6, 6.07) is 1.65. The van der Waals surface area contributed by atoms with Gasteiger partial charge in [0.15, 0.2) is 5.76 Å². The number of nitrogens with zero attached hydrogens (tertiary/aromatic N) is 2. The third-order valence-corrected chi connectivity index (χ3v) is 3.34. The number of hydrogen-bond acceptors (Lipinski definition) is 5. The second kappa shape index (κ2) is 7.80. The number of furan rings is 1. The van der Waals surface area contributed by atoms with Crippen LogP contribution in [-0.4, -0.2) is 48.3 Å². The lowest BCUT2D eigenvalue weighted by Gasteiger charge is -2.22. The Hall–Kier alpha value is -1.86. The molecule has 7 heteroatoms. The first-order chi connectivity index (χ1) is 9.92. The minimum atomic E-state index is -0.466. The van der Waals surface area contributed by atoms with Gasteiger partial charge in [-0.15, -0.1) is 0 Å². The van der Waals surface area contributed by atoms with Gasteiger partial charge < -0.3 is 9.32 Å². The summed E-state index contributed by atoms with van der Waals surface area (Å²) in [5.41, 5.74) is 2.89. The number of amides is 2. The van der Waals surface area contributed by atoms with Gasteiger partial charge in [-0.2, -0.15) is 0 Å². The molecule has 1 aromatic rings. The molecule has 7 nitrogen and oxygen atoms in total. The van der Waals surface area contributed by atoms with Crippen LogP contribution in [0.15, 0.2) is 10.5 Å². The first kappa shape index (κ1) is 17.2. The van der Waals surface area contributed by atoms with Gasteiger partial charge in [0, 0.05) is 25.2 Å². The molecule has 1 aromatic heterocycles. The molecule has 118 valence electrons. The van der Waals surface area contributed by atoms with E-state index in [2.05, 4.69) is 0 Å². The fourth-order valence-corrected chi connectivity index (χ4v) is 2.11. The summed E-state index contributed by atoms with van der Waals surface area (Å²) >= 11 is 0. The van der Waals surface area contributed by atoms with E-state index < -0.39 is 5.91 Å². The zero-order valence-electron chi connectivity index (χ0n) is 13.1. The summed E-state index contributed by atoms with van der Waals surface area (Å²) in [5.74, 6) is 5.52. The smallest absolute Gasteiger partial charge is 0.300 e. The standard InChI is InChI=1S/C14H24N4O3/c1-5-18(6-2)13(19)9-17(4)8-11-7-12(14(20)16-15)21-10(11)3/h7H,5-6,8-9,15H2,1-4H3,(H,16,20). The highest BCUT2D eigenvalue weighted by atomic mass is 16.4. The molecule has 0 aromatic carbocycles. The van der Waals surface area contributed by atoms with Crippen molar-refractivity contribution < 1.29 is 14.0 Å². The molecule has 21 heavy (non-hydrogen) atoms. The van der Waals surface area contributed by atoms with Crippen LogP contribution in [-0.2, 0) is 11.3 Å². The minimum Gasteiger partial charge on any atom is -0.456 e. The minimum absolute atomic E-state index is 0.0866. The summed E-state index contributed by atoms with van der Waals surface area (Å²) in [6.07, 6.45) is 0. The molecule has 0 aliphatic rings. The van der Waals surface area contributed by atoms with Crippen molar-refractivity contribution in [1.29, 1.82) is 0 Å². The Bertz CT molecular complexity index is 494. The molecule has 1 heterocycles. The van der Waals surface area contributed by atoms with Crippen LogP contribution in [0.1, 0.15) is 35.7 Å². The molecule has 2 amide bonds. The lowest BCUT2D eigenvalue weighted by atomic mass is 10.2. The largest absolute Gasteiger partial charge is 0.456 e. The van der Waals surface area contributed by atoms with E-state index >= 15 is 0 Å². The zero-order chi connectivity index (χ0) is 16.0. The van der Waals surface area contributed by atoms with E-state index in [9.17, 15) is 9.59 Å². The maximum absolute atomic E-state index is 12.0. The number of nitrogens with one attached hydrogen (secondary N) is 1. The van der Waals surface area contributed by atoms with Gasteiger partial charge >= 0.3 is 5.91 Å². The fourth-order valence-electron chi connectivity index (χ4n) is 2.11. The van der Waals surface area contributed by atoms with Crippen LogP contribution in [0.2, 0.25) is 0 Å². The normalized spacial score (nSPS) is 10.8. The van der Waals surface area contributed by atoms with Crippen LogP contribution in [0.5, 0.6) is 0 Å². The Morgan fingerprint density at radius 1 is 1.33 bits per heavy atom. The van der Waals surface area contributed by atoms with E-state index in [1.165, 1.54) is 0 Å². The van der Waals surface area contributed by atoms with Gasteiger partial charge in [-0.25, -0.2) is 5.84 Å². The topological polar surface area (TPSA) is 91.8 Å². The summed E-state index contributed by atoms with van der Waals surface area (Å²) in [7, 11) is 1.86. The maximum Gasteiger partial charge on any atom is 0.300 e. The van der Waals surface area contributed by atoms with Crippen molar-refractivity contribution in [3.63, 3.8) is 0 Å². The predicted molar refractivity (Wildman–Crippen MR) is 79.4 cm³/mol. The highest BCUT2D eigenvalue weighted by Crippen LogP contribution is 2.16. The third kappa shape index (κ3) is 4.57. The lowest BCUT2D eigenvalue weighted by Crippen LogP contribution is -2.38. The van der Waals surface area contributed by atoms with Crippen molar-refractivity contribution >= 4 is 11.8 Å². The number of nitrogens with two attached hydrogens (primary N) is 1. The van der Waals surface area contributed by atoms with Crippen LogP contribution in [0, 0.1) is 6.92 Å². The Kier molecular flexibility index (Phi) is 6.39. The van der Waals surface area contributed by atoms with E-state index in [-0.39, 0.29) is 11.7 Å². The van der Waals surface area contributed by atoms with Crippen molar-refractivity contribution in [2.75, 3.05) is 26.7 Å². The molecule has 0 aliphatic carbocycles. The van der Waals surface area contributed by atoms with Crippen LogP contribution < -0.4 is 11.3 Å². The molecule has 0 atom stereocenters. The Morgan fingerprint density at radius 2 is 1.95 bits per heavy atom. The zero-order valence-corrected chi connectivity index (χ0v) is 13.1. The monoisotopic (exact) mass is 296 g/mol. The second-order valence-corrected chi connectivity index (χ2v) is 4.90. The Morgan fingerprint density at radius 3 is 2.48 bits per heavy atom. The van der Waals surface area contributed by atoms with Crippen molar-refractivity contribution in [2.45, 2.75) is 27.3 Å². The Balaban J connectivity index is 2.66. The van der Waals surface area contributed by atoms with E-state index in [1.807, 2.05) is 31.2 Å². The molecule has 0 spiro atoms. The lowest BCUT2D eigenvalue weighted by molar-refractivity contribution is -0.131. The number of carbonyl (C=O) groups is 2. The number of aryl methyl sites for hydroxylation is 1. The van der Waals surface area contributed by atoms with Crippen LogP contribution in [0.3, 0.4) is 0 Å². The van der Waals surface area contributed by atoms with Crippen LogP contribution >= 0.6 is 0 Å². The molecule has 0 saturated carbocycles. The molecule has 1 rings (SSSR count). The van der Waals surface area contributed by atoms with Gasteiger partial charge in [-0.1, -0.05) is 0 Å². The molecule has 0 radical (unpaired) electrons. The summed E-state index contributed by atoms with van der Waals surface area (Å²) in [4.78, 5) is 27.1. The van der Waals surface area contributed by atoms with Gasteiger partial charge in [0.2, 0.25) is 5.91 Å². The highest BCUT2D eigenvalue weighted by molar-refractivity contribution is 5.91.